The molecule has 1 aliphatic rings. The Kier molecular flexibility index (Phi) is 2.51. The van der Waals surface area contributed by atoms with Crippen LogP contribution in [0, 0.1) is 0 Å². The average Bonchev–Trinajstić information content (AvgIpc) is 3.06. The zero-order valence-electron chi connectivity index (χ0n) is 9.47. The Labute approximate surface area is 103 Å². The third-order valence-electron chi connectivity index (χ3n) is 2.79. The zero-order valence-corrected chi connectivity index (χ0v) is 10.3. The number of rotatable bonds is 3. The lowest BCUT2D eigenvalue weighted by atomic mass is 10.2. The topological polar surface area (TPSA) is 80.5 Å². The lowest BCUT2D eigenvalue weighted by Gasteiger charge is -2.00. The highest BCUT2D eigenvalue weighted by molar-refractivity contribution is 7.98. The number of nitrogens with two attached hydrogens (primary N) is 1. The van der Waals surface area contributed by atoms with Crippen LogP contribution in [0.3, 0.4) is 0 Å². The fourth-order valence-electron chi connectivity index (χ4n) is 1.74. The van der Waals surface area contributed by atoms with Crippen LogP contribution in [-0.4, -0.2) is 26.4 Å². The molecule has 0 amide bonds. The Bertz CT molecular complexity index is 547. The van der Waals surface area contributed by atoms with Crippen molar-refractivity contribution < 1.29 is 0 Å². The van der Waals surface area contributed by atoms with E-state index in [-0.39, 0.29) is 0 Å². The van der Waals surface area contributed by atoms with Crippen molar-refractivity contribution in [3.8, 4) is 11.4 Å². The molecule has 1 saturated carbocycles. The quantitative estimate of drug-likeness (QED) is 0.641. The minimum absolute atomic E-state index is 0.482. The monoisotopic (exact) mass is 247 g/mol. The lowest BCUT2D eigenvalue weighted by Crippen LogP contribution is -1.96. The van der Waals surface area contributed by atoms with Gasteiger partial charge in [0.15, 0.2) is 5.16 Å². The molecular weight excluding hydrogens is 234 g/mol. The number of hydrogen-bond acceptors (Lipinski definition) is 5. The van der Waals surface area contributed by atoms with Gasteiger partial charge in [-0.1, -0.05) is 11.8 Å². The molecule has 0 spiro atoms. The van der Waals surface area contributed by atoms with Gasteiger partial charge in [-0.25, -0.2) is 9.97 Å². The Morgan fingerprint density at radius 2 is 2.12 bits per heavy atom. The van der Waals surface area contributed by atoms with E-state index in [0.29, 0.717) is 16.9 Å². The lowest BCUT2D eigenvalue weighted by molar-refractivity contribution is 0.954. The van der Waals surface area contributed by atoms with Crippen LogP contribution in [0.1, 0.15) is 24.5 Å². The van der Waals surface area contributed by atoms with Crippen molar-refractivity contribution in [1.29, 1.82) is 0 Å². The van der Waals surface area contributed by atoms with Gasteiger partial charge in [-0.3, -0.25) is 5.10 Å². The van der Waals surface area contributed by atoms with Crippen molar-refractivity contribution in [1.82, 2.24) is 20.2 Å². The largest absolute Gasteiger partial charge is 0.384 e. The van der Waals surface area contributed by atoms with Crippen molar-refractivity contribution >= 4 is 17.6 Å². The maximum atomic E-state index is 5.75. The number of nitrogens with zero attached hydrogens (tertiary/aromatic N) is 3. The van der Waals surface area contributed by atoms with Crippen LogP contribution in [0.25, 0.3) is 11.4 Å². The molecule has 1 aliphatic carbocycles. The van der Waals surface area contributed by atoms with Gasteiger partial charge in [0.2, 0.25) is 0 Å². The molecule has 0 unspecified atom stereocenters. The molecule has 0 aromatic carbocycles. The number of H-pyrrole nitrogens is 1. The van der Waals surface area contributed by atoms with Gasteiger partial charge < -0.3 is 5.73 Å². The van der Waals surface area contributed by atoms with Crippen LogP contribution in [0.2, 0.25) is 0 Å². The predicted molar refractivity (Wildman–Crippen MR) is 67.8 cm³/mol. The molecule has 0 aliphatic heterocycles. The van der Waals surface area contributed by atoms with Crippen LogP contribution in [-0.2, 0) is 0 Å². The van der Waals surface area contributed by atoms with Crippen LogP contribution in [0.4, 0.5) is 5.82 Å². The van der Waals surface area contributed by atoms with Crippen molar-refractivity contribution in [2.24, 2.45) is 0 Å². The highest BCUT2D eigenvalue weighted by Gasteiger charge is 2.25. The standard InChI is InChI=1S/C11H13N5S/c1-17-11-13-8(5-10(12)14-11)9-4-7(15-16-9)6-2-3-6/h4-6H,2-3H2,1H3,(H,15,16)(H2,12,13,14). The average molecular weight is 247 g/mol. The Morgan fingerprint density at radius 1 is 1.29 bits per heavy atom. The number of anilines is 1. The van der Waals surface area contributed by atoms with E-state index in [1.54, 1.807) is 6.07 Å². The number of nitrogens with one attached hydrogen (secondary N) is 1. The minimum Gasteiger partial charge on any atom is -0.384 e. The van der Waals surface area contributed by atoms with Gasteiger partial charge in [0.25, 0.3) is 0 Å². The molecule has 5 nitrogen and oxygen atoms in total. The SMILES string of the molecule is CSc1nc(N)cc(-c2cc(C3CC3)[nH]n2)n1. The summed E-state index contributed by atoms with van der Waals surface area (Å²) in [7, 11) is 0. The molecule has 0 bridgehead atoms. The third kappa shape index (κ3) is 2.12. The molecule has 88 valence electrons. The first-order valence-electron chi connectivity index (χ1n) is 5.50. The summed E-state index contributed by atoms with van der Waals surface area (Å²) in [6.45, 7) is 0. The first-order valence-corrected chi connectivity index (χ1v) is 6.73. The smallest absolute Gasteiger partial charge is 0.189 e. The fourth-order valence-corrected chi connectivity index (χ4v) is 2.12. The number of aromatic amines is 1. The van der Waals surface area contributed by atoms with Crippen LogP contribution in [0.5, 0.6) is 0 Å². The van der Waals surface area contributed by atoms with Gasteiger partial charge in [0.05, 0.1) is 5.69 Å². The summed E-state index contributed by atoms with van der Waals surface area (Å²) in [5.41, 5.74) is 8.57. The van der Waals surface area contributed by atoms with Gasteiger partial charge in [0.1, 0.15) is 11.5 Å². The number of thioether (sulfide) groups is 1. The van der Waals surface area contributed by atoms with Crippen LogP contribution < -0.4 is 5.73 Å². The zero-order chi connectivity index (χ0) is 11.8. The second kappa shape index (κ2) is 4.03. The number of hydrogen-bond donors (Lipinski definition) is 2. The Morgan fingerprint density at radius 3 is 2.82 bits per heavy atom. The third-order valence-corrected chi connectivity index (χ3v) is 3.33. The van der Waals surface area contributed by atoms with E-state index in [1.807, 2.05) is 6.26 Å². The van der Waals surface area contributed by atoms with E-state index in [1.165, 1.54) is 30.3 Å². The van der Waals surface area contributed by atoms with E-state index < -0.39 is 0 Å². The molecule has 2 aromatic heterocycles. The summed E-state index contributed by atoms with van der Waals surface area (Å²) >= 11 is 1.48. The Balaban J connectivity index is 1.98. The van der Waals surface area contributed by atoms with E-state index in [9.17, 15) is 0 Å². The normalized spacial score (nSPS) is 15.1. The van der Waals surface area contributed by atoms with Crippen molar-refractivity contribution in [2.75, 3.05) is 12.0 Å². The van der Waals surface area contributed by atoms with Gasteiger partial charge in [-0.2, -0.15) is 5.10 Å². The van der Waals surface area contributed by atoms with Gasteiger partial charge in [0, 0.05) is 17.7 Å². The molecule has 0 radical (unpaired) electrons. The van der Waals surface area contributed by atoms with Crippen molar-refractivity contribution in [3.05, 3.63) is 17.8 Å². The molecule has 6 heteroatoms. The molecule has 3 N–H and O–H groups in total. The molecule has 2 aromatic rings. The maximum Gasteiger partial charge on any atom is 0.189 e. The van der Waals surface area contributed by atoms with Crippen molar-refractivity contribution in [3.63, 3.8) is 0 Å². The van der Waals surface area contributed by atoms with Gasteiger partial charge >= 0.3 is 0 Å². The summed E-state index contributed by atoms with van der Waals surface area (Å²) in [4.78, 5) is 8.53. The van der Waals surface area contributed by atoms with E-state index in [0.717, 1.165) is 11.4 Å². The summed E-state index contributed by atoms with van der Waals surface area (Å²) < 4.78 is 0. The van der Waals surface area contributed by atoms with E-state index in [4.69, 9.17) is 5.73 Å². The number of aromatic nitrogens is 4. The summed E-state index contributed by atoms with van der Waals surface area (Å²) in [6.07, 6.45) is 4.44. The molecule has 3 rings (SSSR count). The Hall–Kier alpha value is -1.56. The molecule has 2 heterocycles. The fraction of sp³-hybridized carbons (Fsp3) is 0.364. The molecule has 17 heavy (non-hydrogen) atoms. The first-order chi connectivity index (χ1) is 8.26. The minimum atomic E-state index is 0.482. The second-order valence-electron chi connectivity index (χ2n) is 4.15. The van der Waals surface area contributed by atoms with E-state index in [2.05, 4.69) is 26.2 Å². The highest BCUT2D eigenvalue weighted by atomic mass is 32.2. The molecule has 1 fully saturated rings. The predicted octanol–water partition coefficient (Wildman–Crippen LogP) is 2.05. The highest BCUT2D eigenvalue weighted by Crippen LogP contribution is 2.39. The van der Waals surface area contributed by atoms with E-state index >= 15 is 0 Å². The number of nitrogen functional groups attached to an aromatic ring is 1. The van der Waals surface area contributed by atoms with Gasteiger partial charge in [-0.05, 0) is 25.2 Å². The maximum absolute atomic E-state index is 5.75. The summed E-state index contributed by atoms with van der Waals surface area (Å²) in [5, 5.41) is 8.03. The second-order valence-corrected chi connectivity index (χ2v) is 4.92. The summed E-state index contributed by atoms with van der Waals surface area (Å²) in [6, 6.07) is 3.82. The molecular formula is C11H13N5S. The summed E-state index contributed by atoms with van der Waals surface area (Å²) in [5.74, 6) is 1.14. The van der Waals surface area contributed by atoms with Crippen LogP contribution in [0.15, 0.2) is 17.3 Å². The first kappa shape index (κ1) is 10.6. The molecule has 0 saturated heterocycles. The van der Waals surface area contributed by atoms with Gasteiger partial charge in [-0.15, -0.1) is 0 Å². The van der Waals surface area contributed by atoms with Crippen LogP contribution >= 0.6 is 11.8 Å². The molecule has 0 atom stereocenters. The van der Waals surface area contributed by atoms with Crippen molar-refractivity contribution in [2.45, 2.75) is 23.9 Å².